The van der Waals surface area contributed by atoms with Crippen molar-refractivity contribution in [1.29, 1.82) is 0 Å². The van der Waals surface area contributed by atoms with Gasteiger partial charge in [-0.25, -0.2) is 9.78 Å². The molecule has 0 fully saturated rings. The zero-order valence-corrected chi connectivity index (χ0v) is 13.2. The Bertz CT molecular complexity index is 624. The Balaban J connectivity index is 2.55. The monoisotopic (exact) mass is 305 g/mol. The Morgan fingerprint density at radius 2 is 2.00 bits per heavy atom. The largest absolute Gasteiger partial charge is 0.477 e. The maximum atomic E-state index is 11.5. The third-order valence-corrected chi connectivity index (χ3v) is 4.75. The average molecular weight is 305 g/mol. The first kappa shape index (κ1) is 15.7. The first-order valence-corrected chi connectivity index (χ1v) is 7.77. The predicted octanol–water partition coefficient (Wildman–Crippen LogP) is 4.17. The van der Waals surface area contributed by atoms with Gasteiger partial charge in [0.15, 0.2) is 0 Å². The molecule has 4 nitrogen and oxygen atoms in total. The van der Waals surface area contributed by atoms with Crippen molar-refractivity contribution in [2.24, 2.45) is 0 Å². The molecule has 0 amide bonds. The van der Waals surface area contributed by atoms with Crippen LogP contribution in [0.25, 0.3) is 11.3 Å². The van der Waals surface area contributed by atoms with E-state index in [2.05, 4.69) is 4.98 Å². The van der Waals surface area contributed by atoms with Crippen molar-refractivity contribution >= 4 is 17.3 Å². The fourth-order valence-corrected chi connectivity index (χ4v) is 3.21. The van der Waals surface area contributed by atoms with Crippen molar-refractivity contribution in [3.8, 4) is 11.3 Å². The average Bonchev–Trinajstić information content (AvgIpc) is 2.94. The minimum absolute atomic E-state index is 0.260. The van der Waals surface area contributed by atoms with Gasteiger partial charge in [-0.1, -0.05) is 37.3 Å². The number of carboxylic acid groups (broad SMARTS) is 1. The van der Waals surface area contributed by atoms with Gasteiger partial charge in [-0.3, -0.25) is 0 Å². The number of carboxylic acids is 1. The summed E-state index contributed by atoms with van der Waals surface area (Å²) in [4.78, 5) is 16.3. The molecule has 1 unspecified atom stereocenters. The van der Waals surface area contributed by atoms with Crippen LogP contribution in [-0.4, -0.2) is 22.7 Å². The number of rotatable bonds is 6. The standard InChI is InChI=1S/C16H19NO3S/c1-4-16(3,20-5-2)15-17-12(13(21-15)14(18)19)11-9-7-6-8-10-11/h6-10H,4-5H2,1-3H3,(H,18,19). The minimum atomic E-state index is -0.951. The molecule has 0 bridgehead atoms. The lowest BCUT2D eigenvalue weighted by Crippen LogP contribution is -2.24. The smallest absolute Gasteiger partial charge is 0.348 e. The van der Waals surface area contributed by atoms with Gasteiger partial charge in [-0.15, -0.1) is 11.3 Å². The molecule has 1 aromatic heterocycles. The molecular weight excluding hydrogens is 286 g/mol. The maximum Gasteiger partial charge on any atom is 0.348 e. The number of hydrogen-bond donors (Lipinski definition) is 1. The maximum absolute atomic E-state index is 11.5. The molecule has 112 valence electrons. The van der Waals surface area contributed by atoms with Gasteiger partial charge in [-0.2, -0.15) is 0 Å². The van der Waals surface area contributed by atoms with Crippen LogP contribution in [0, 0.1) is 0 Å². The fraction of sp³-hybridized carbons (Fsp3) is 0.375. The summed E-state index contributed by atoms with van der Waals surface area (Å²) in [6, 6.07) is 9.39. The molecule has 1 atom stereocenters. The minimum Gasteiger partial charge on any atom is -0.477 e. The lowest BCUT2D eigenvalue weighted by Gasteiger charge is -2.25. The van der Waals surface area contributed by atoms with E-state index in [1.165, 1.54) is 11.3 Å². The van der Waals surface area contributed by atoms with Gasteiger partial charge in [0.25, 0.3) is 0 Å². The van der Waals surface area contributed by atoms with Crippen molar-refractivity contribution in [3.63, 3.8) is 0 Å². The Morgan fingerprint density at radius 1 is 1.33 bits per heavy atom. The van der Waals surface area contributed by atoms with Gasteiger partial charge in [0.05, 0.1) is 5.69 Å². The summed E-state index contributed by atoms with van der Waals surface area (Å²) in [6.07, 6.45) is 0.738. The second kappa shape index (κ2) is 6.37. The summed E-state index contributed by atoms with van der Waals surface area (Å²) in [6.45, 7) is 6.46. The molecule has 0 aliphatic carbocycles. The molecule has 0 aliphatic rings. The van der Waals surface area contributed by atoms with E-state index < -0.39 is 11.6 Å². The summed E-state index contributed by atoms with van der Waals surface area (Å²) in [7, 11) is 0. The Kier molecular flexibility index (Phi) is 4.75. The zero-order valence-electron chi connectivity index (χ0n) is 12.4. The molecule has 0 aliphatic heterocycles. The fourth-order valence-electron chi connectivity index (χ4n) is 2.12. The summed E-state index contributed by atoms with van der Waals surface area (Å²) in [5, 5.41) is 10.1. The molecule has 0 spiro atoms. The van der Waals surface area contributed by atoms with Crippen LogP contribution in [-0.2, 0) is 10.3 Å². The Morgan fingerprint density at radius 3 is 2.52 bits per heavy atom. The van der Waals surface area contributed by atoms with Gasteiger partial charge in [0.1, 0.15) is 15.5 Å². The van der Waals surface area contributed by atoms with E-state index in [1.807, 2.05) is 51.1 Å². The molecule has 0 saturated heterocycles. The molecule has 0 saturated carbocycles. The highest BCUT2D eigenvalue weighted by Crippen LogP contribution is 2.37. The summed E-state index contributed by atoms with van der Waals surface area (Å²) < 4.78 is 5.80. The SMILES string of the molecule is CCOC(C)(CC)c1nc(-c2ccccc2)c(C(=O)O)s1. The lowest BCUT2D eigenvalue weighted by atomic mass is 10.0. The van der Waals surface area contributed by atoms with Gasteiger partial charge < -0.3 is 9.84 Å². The highest BCUT2D eigenvalue weighted by molar-refractivity contribution is 7.14. The van der Waals surface area contributed by atoms with Crippen molar-refractivity contribution in [1.82, 2.24) is 4.98 Å². The number of hydrogen-bond acceptors (Lipinski definition) is 4. The molecule has 1 aromatic carbocycles. The molecule has 2 rings (SSSR count). The van der Waals surface area contributed by atoms with Crippen LogP contribution in [0.1, 0.15) is 41.9 Å². The zero-order chi connectivity index (χ0) is 15.5. The number of carbonyl (C=O) groups is 1. The van der Waals surface area contributed by atoms with Crippen LogP contribution in [0.4, 0.5) is 0 Å². The van der Waals surface area contributed by atoms with Crippen molar-refractivity contribution in [3.05, 3.63) is 40.2 Å². The summed E-state index contributed by atoms with van der Waals surface area (Å²) in [5.74, 6) is -0.951. The van der Waals surface area contributed by atoms with Crippen molar-refractivity contribution < 1.29 is 14.6 Å². The normalized spacial score (nSPS) is 13.9. The quantitative estimate of drug-likeness (QED) is 0.870. The lowest BCUT2D eigenvalue weighted by molar-refractivity contribution is -0.0324. The first-order valence-electron chi connectivity index (χ1n) is 6.95. The molecule has 21 heavy (non-hydrogen) atoms. The molecule has 2 aromatic rings. The molecule has 5 heteroatoms. The highest BCUT2D eigenvalue weighted by atomic mass is 32.1. The highest BCUT2D eigenvalue weighted by Gasteiger charge is 2.32. The number of aromatic carboxylic acids is 1. The van der Waals surface area contributed by atoms with Gasteiger partial charge in [-0.05, 0) is 20.3 Å². The third-order valence-electron chi connectivity index (χ3n) is 3.46. The number of aromatic nitrogens is 1. The van der Waals surface area contributed by atoms with E-state index in [0.29, 0.717) is 17.3 Å². The van der Waals surface area contributed by atoms with Gasteiger partial charge in [0.2, 0.25) is 0 Å². The van der Waals surface area contributed by atoms with E-state index >= 15 is 0 Å². The van der Waals surface area contributed by atoms with E-state index in [-0.39, 0.29) is 4.88 Å². The number of benzene rings is 1. The van der Waals surface area contributed by atoms with E-state index in [4.69, 9.17) is 4.74 Å². The summed E-state index contributed by atoms with van der Waals surface area (Å²) in [5.41, 5.74) is 0.784. The number of nitrogens with zero attached hydrogens (tertiary/aromatic N) is 1. The molecular formula is C16H19NO3S. The Labute approximate surface area is 128 Å². The van der Waals surface area contributed by atoms with E-state index in [9.17, 15) is 9.90 Å². The molecule has 0 radical (unpaired) electrons. The van der Waals surface area contributed by atoms with E-state index in [1.54, 1.807) is 0 Å². The molecule has 1 N–H and O–H groups in total. The van der Waals surface area contributed by atoms with Crippen LogP contribution in [0.5, 0.6) is 0 Å². The second-order valence-corrected chi connectivity index (χ2v) is 5.88. The van der Waals surface area contributed by atoms with Crippen LogP contribution < -0.4 is 0 Å². The van der Waals surface area contributed by atoms with Crippen LogP contribution in [0.15, 0.2) is 30.3 Å². The number of ether oxygens (including phenoxy) is 1. The Hall–Kier alpha value is -1.72. The predicted molar refractivity (Wildman–Crippen MR) is 83.8 cm³/mol. The van der Waals surface area contributed by atoms with Crippen LogP contribution >= 0.6 is 11.3 Å². The topological polar surface area (TPSA) is 59.4 Å². The third kappa shape index (κ3) is 3.14. The van der Waals surface area contributed by atoms with Gasteiger partial charge in [0, 0.05) is 12.2 Å². The van der Waals surface area contributed by atoms with Crippen LogP contribution in [0.2, 0.25) is 0 Å². The summed E-state index contributed by atoms with van der Waals surface area (Å²) >= 11 is 1.20. The second-order valence-electron chi connectivity index (χ2n) is 4.89. The first-order chi connectivity index (χ1) is 10.0. The molecule has 1 heterocycles. The van der Waals surface area contributed by atoms with Crippen molar-refractivity contribution in [2.75, 3.05) is 6.61 Å². The number of thiazole rings is 1. The van der Waals surface area contributed by atoms with Gasteiger partial charge >= 0.3 is 5.97 Å². The van der Waals surface area contributed by atoms with Crippen LogP contribution in [0.3, 0.4) is 0 Å². The van der Waals surface area contributed by atoms with Crippen molar-refractivity contribution in [2.45, 2.75) is 32.8 Å². The van der Waals surface area contributed by atoms with E-state index in [0.717, 1.165) is 12.0 Å².